The summed E-state index contributed by atoms with van der Waals surface area (Å²) in [5.41, 5.74) is 0.749. The molecule has 0 aliphatic heterocycles. The molecule has 4 rings (SSSR count). The van der Waals surface area contributed by atoms with Crippen molar-refractivity contribution < 1.29 is 0 Å². The summed E-state index contributed by atoms with van der Waals surface area (Å²) in [4.78, 5) is 26.3. The van der Waals surface area contributed by atoms with E-state index in [9.17, 15) is 4.79 Å². The van der Waals surface area contributed by atoms with Crippen LogP contribution in [0.5, 0.6) is 0 Å². The first kappa shape index (κ1) is 19.9. The fourth-order valence-electron chi connectivity index (χ4n) is 3.51. The Balaban J connectivity index is 1.35. The van der Waals surface area contributed by atoms with Crippen LogP contribution in [0.4, 0.5) is 11.8 Å². The summed E-state index contributed by atoms with van der Waals surface area (Å²) < 4.78 is 1.47. The van der Waals surface area contributed by atoms with Crippen LogP contribution in [0.3, 0.4) is 0 Å². The largest absolute Gasteiger partial charge is 0.367 e. The molecule has 0 radical (unpaired) electrons. The van der Waals surface area contributed by atoms with Gasteiger partial charge in [0.2, 0.25) is 5.95 Å². The van der Waals surface area contributed by atoms with Crippen LogP contribution >= 0.6 is 11.8 Å². The van der Waals surface area contributed by atoms with Crippen molar-refractivity contribution in [3.8, 4) is 11.8 Å². The summed E-state index contributed by atoms with van der Waals surface area (Å²) in [5, 5.41) is 15.7. The fraction of sp³-hybridized carbons (Fsp3) is 0.286. The Bertz CT molecular complexity index is 1110. The van der Waals surface area contributed by atoms with E-state index in [-0.39, 0.29) is 5.56 Å². The van der Waals surface area contributed by atoms with E-state index in [1.54, 1.807) is 30.2 Å². The molecule has 1 fully saturated rings. The van der Waals surface area contributed by atoms with Crippen LogP contribution in [0.25, 0.3) is 5.69 Å². The van der Waals surface area contributed by atoms with E-state index >= 15 is 0 Å². The summed E-state index contributed by atoms with van der Waals surface area (Å²) >= 11 is 1.62. The molecule has 0 amide bonds. The molecule has 3 aromatic heterocycles. The number of thioether (sulfide) groups is 1. The topological polar surface area (TPSA) is 109 Å². The molecular formula is C21H21N7OS. The van der Waals surface area contributed by atoms with E-state index in [2.05, 4.69) is 25.6 Å². The number of hydrogen-bond acceptors (Lipinski definition) is 8. The molecule has 0 bridgehead atoms. The lowest BCUT2D eigenvalue weighted by atomic mass is 10.2. The van der Waals surface area contributed by atoms with Crippen molar-refractivity contribution in [1.29, 1.82) is 5.26 Å². The van der Waals surface area contributed by atoms with Crippen molar-refractivity contribution in [1.82, 2.24) is 19.5 Å². The third kappa shape index (κ3) is 4.60. The molecule has 0 saturated heterocycles. The van der Waals surface area contributed by atoms with Crippen molar-refractivity contribution >= 4 is 23.5 Å². The molecule has 1 saturated carbocycles. The van der Waals surface area contributed by atoms with Crippen LogP contribution < -0.4 is 16.2 Å². The van der Waals surface area contributed by atoms with Gasteiger partial charge in [0.25, 0.3) is 5.56 Å². The highest BCUT2D eigenvalue weighted by Gasteiger charge is 2.25. The van der Waals surface area contributed by atoms with Gasteiger partial charge in [0.1, 0.15) is 5.82 Å². The van der Waals surface area contributed by atoms with Gasteiger partial charge in [-0.1, -0.05) is 0 Å². The van der Waals surface area contributed by atoms with Gasteiger partial charge in [0.05, 0.1) is 23.5 Å². The zero-order valence-electron chi connectivity index (χ0n) is 16.4. The molecule has 1 aliphatic rings. The van der Waals surface area contributed by atoms with Gasteiger partial charge in [-0.05, 0) is 43.7 Å². The third-order valence-corrected chi connectivity index (χ3v) is 5.74. The second-order valence-electron chi connectivity index (χ2n) is 7.08. The van der Waals surface area contributed by atoms with E-state index in [0.29, 0.717) is 29.3 Å². The number of anilines is 2. The summed E-state index contributed by atoms with van der Waals surface area (Å²) in [6.45, 7) is 0. The standard InChI is InChI=1S/C21H21N7OS/c1-30-18-12-24-21(25-13-18)27-16-3-2-15(9-16)26-19-5-4-17(11-23-19)28-7-6-14(10-22)8-20(28)29/h4-8,11-13,15-16H,2-3,9H2,1H3,(H,23,26)(H,24,25,27)/t15-,16-/m0/s1. The van der Waals surface area contributed by atoms with Gasteiger partial charge in [-0.15, -0.1) is 11.8 Å². The molecule has 30 heavy (non-hydrogen) atoms. The molecular weight excluding hydrogens is 398 g/mol. The highest BCUT2D eigenvalue weighted by molar-refractivity contribution is 7.98. The van der Waals surface area contributed by atoms with Crippen LogP contribution in [-0.2, 0) is 0 Å². The van der Waals surface area contributed by atoms with Gasteiger partial charge >= 0.3 is 0 Å². The minimum atomic E-state index is -0.256. The average molecular weight is 420 g/mol. The monoisotopic (exact) mass is 419 g/mol. The van der Waals surface area contributed by atoms with Crippen molar-refractivity contribution in [3.63, 3.8) is 0 Å². The molecule has 8 nitrogen and oxygen atoms in total. The SMILES string of the molecule is CSc1cnc(N[C@H]2CC[C@H](Nc3ccc(-n4ccc(C#N)cc4=O)cn3)C2)nc1. The normalized spacial score (nSPS) is 18.0. The smallest absolute Gasteiger partial charge is 0.256 e. The van der Waals surface area contributed by atoms with Crippen LogP contribution in [0.15, 0.2) is 58.7 Å². The van der Waals surface area contributed by atoms with Gasteiger partial charge in [0.15, 0.2) is 0 Å². The Hall–Kier alpha value is -3.38. The van der Waals surface area contributed by atoms with Crippen molar-refractivity contribution in [2.75, 3.05) is 16.9 Å². The van der Waals surface area contributed by atoms with Gasteiger partial charge in [0, 0.05) is 41.6 Å². The molecule has 0 aromatic carbocycles. The fourth-order valence-corrected chi connectivity index (χ4v) is 3.82. The molecule has 2 N–H and O–H groups in total. The highest BCUT2D eigenvalue weighted by atomic mass is 32.2. The van der Waals surface area contributed by atoms with Crippen LogP contribution in [0.1, 0.15) is 24.8 Å². The highest BCUT2D eigenvalue weighted by Crippen LogP contribution is 2.25. The lowest BCUT2D eigenvalue weighted by molar-refractivity contribution is 0.716. The summed E-state index contributed by atoms with van der Waals surface area (Å²) in [6.07, 6.45) is 11.9. The number of hydrogen-bond donors (Lipinski definition) is 2. The minimum absolute atomic E-state index is 0.256. The Morgan fingerprint density at radius 1 is 1.10 bits per heavy atom. The maximum absolute atomic E-state index is 12.1. The van der Waals surface area contributed by atoms with E-state index in [1.807, 2.05) is 36.9 Å². The Morgan fingerprint density at radius 2 is 1.87 bits per heavy atom. The predicted molar refractivity (Wildman–Crippen MR) is 117 cm³/mol. The van der Waals surface area contributed by atoms with Crippen LogP contribution in [0, 0.1) is 11.3 Å². The van der Waals surface area contributed by atoms with Crippen LogP contribution in [0.2, 0.25) is 0 Å². The van der Waals surface area contributed by atoms with Gasteiger partial charge in [-0.2, -0.15) is 5.26 Å². The molecule has 3 heterocycles. The molecule has 9 heteroatoms. The summed E-state index contributed by atoms with van der Waals surface area (Å²) in [7, 11) is 0. The quantitative estimate of drug-likeness (QED) is 0.587. The average Bonchev–Trinajstić information content (AvgIpc) is 3.21. The molecule has 152 valence electrons. The minimum Gasteiger partial charge on any atom is -0.367 e. The first-order valence-electron chi connectivity index (χ1n) is 9.63. The maximum atomic E-state index is 12.1. The van der Waals surface area contributed by atoms with Crippen LogP contribution in [-0.4, -0.2) is 37.9 Å². The number of nitrogens with one attached hydrogen (secondary N) is 2. The second kappa shape index (κ2) is 8.97. The Morgan fingerprint density at radius 3 is 2.50 bits per heavy atom. The molecule has 0 spiro atoms. The zero-order valence-corrected chi connectivity index (χ0v) is 17.3. The second-order valence-corrected chi connectivity index (χ2v) is 7.96. The zero-order chi connectivity index (χ0) is 20.9. The number of nitrogens with zero attached hydrogens (tertiary/aromatic N) is 5. The molecule has 1 aliphatic carbocycles. The first-order chi connectivity index (χ1) is 14.6. The summed E-state index contributed by atoms with van der Waals surface area (Å²) in [6, 6.07) is 9.23. The molecule has 2 atom stereocenters. The number of aromatic nitrogens is 4. The Kier molecular flexibility index (Phi) is 5.95. The van der Waals surface area contributed by atoms with Crippen molar-refractivity contribution in [2.24, 2.45) is 0 Å². The number of nitriles is 1. The number of pyridine rings is 2. The van der Waals surface area contributed by atoms with E-state index in [4.69, 9.17) is 5.26 Å². The van der Waals surface area contributed by atoms with Crippen molar-refractivity contribution in [3.05, 3.63) is 65.0 Å². The lowest BCUT2D eigenvalue weighted by Gasteiger charge is -2.15. The van der Waals surface area contributed by atoms with E-state index in [1.165, 1.54) is 10.6 Å². The first-order valence-corrected chi connectivity index (χ1v) is 10.9. The maximum Gasteiger partial charge on any atom is 0.256 e. The van der Waals surface area contributed by atoms with E-state index in [0.717, 1.165) is 30.0 Å². The van der Waals surface area contributed by atoms with Gasteiger partial charge in [-0.3, -0.25) is 9.36 Å². The number of rotatable bonds is 6. The lowest BCUT2D eigenvalue weighted by Crippen LogP contribution is -2.22. The molecule has 0 unspecified atom stereocenters. The van der Waals surface area contributed by atoms with Gasteiger partial charge in [-0.25, -0.2) is 15.0 Å². The van der Waals surface area contributed by atoms with E-state index < -0.39 is 0 Å². The summed E-state index contributed by atoms with van der Waals surface area (Å²) in [5.74, 6) is 1.43. The third-order valence-electron chi connectivity index (χ3n) is 5.06. The van der Waals surface area contributed by atoms with Crippen molar-refractivity contribution in [2.45, 2.75) is 36.2 Å². The van der Waals surface area contributed by atoms with Gasteiger partial charge < -0.3 is 10.6 Å². The Labute approximate surface area is 178 Å². The molecule has 3 aromatic rings. The predicted octanol–water partition coefficient (Wildman–Crippen LogP) is 3.06.